The summed E-state index contributed by atoms with van der Waals surface area (Å²) in [7, 11) is 0. The summed E-state index contributed by atoms with van der Waals surface area (Å²) in [5.41, 5.74) is 6.48. The number of fused-ring (bicyclic) bond motifs is 2. The zero-order valence-corrected chi connectivity index (χ0v) is 22.1. The van der Waals surface area contributed by atoms with Gasteiger partial charge in [0.1, 0.15) is 0 Å². The maximum Gasteiger partial charge on any atom is 0.0449 e. The molecule has 0 aliphatic rings. The van der Waals surface area contributed by atoms with E-state index >= 15 is 0 Å². The highest BCUT2D eigenvalue weighted by molar-refractivity contribution is 7.25. The number of hydrogen-bond donors (Lipinski definition) is 0. The van der Waals surface area contributed by atoms with Gasteiger partial charge < -0.3 is 0 Å². The number of benzene rings is 5. The van der Waals surface area contributed by atoms with Crippen molar-refractivity contribution in [2.45, 2.75) is 6.92 Å². The van der Waals surface area contributed by atoms with E-state index in [2.05, 4.69) is 134 Å². The average Bonchev–Trinajstić information content (AvgIpc) is 3.65. The van der Waals surface area contributed by atoms with Crippen molar-refractivity contribution in [3.8, 4) is 41.8 Å². The molecule has 0 bridgehead atoms. The van der Waals surface area contributed by atoms with Gasteiger partial charge in [0.15, 0.2) is 0 Å². The van der Waals surface area contributed by atoms with Crippen LogP contribution in [0.25, 0.3) is 63.3 Å². The van der Waals surface area contributed by atoms with Crippen LogP contribution in [-0.4, -0.2) is 0 Å². The van der Waals surface area contributed by atoms with E-state index < -0.39 is 0 Å². The van der Waals surface area contributed by atoms with Gasteiger partial charge in [0, 0.05) is 19.5 Å². The van der Waals surface area contributed by atoms with Crippen LogP contribution in [0.1, 0.15) is 5.56 Å². The second-order valence-electron chi connectivity index (χ2n) is 9.37. The van der Waals surface area contributed by atoms with Gasteiger partial charge in [0.25, 0.3) is 0 Å². The second-order valence-corrected chi connectivity index (χ2v) is 11.5. The van der Waals surface area contributed by atoms with Crippen LogP contribution >= 0.6 is 22.7 Å². The summed E-state index contributed by atoms with van der Waals surface area (Å²) < 4.78 is 0. The molecular formula is C35H24S2. The first-order chi connectivity index (χ1) is 18.3. The molecule has 0 nitrogen and oxygen atoms in total. The molecule has 0 aliphatic carbocycles. The van der Waals surface area contributed by atoms with Gasteiger partial charge in [-0.05, 0) is 86.6 Å². The van der Waals surface area contributed by atoms with Crippen molar-refractivity contribution < 1.29 is 0 Å². The van der Waals surface area contributed by atoms with E-state index in [1.54, 1.807) is 0 Å². The van der Waals surface area contributed by atoms with Crippen LogP contribution in [0.15, 0.2) is 127 Å². The molecule has 0 aliphatic heterocycles. The minimum Gasteiger partial charge on any atom is -0.134 e. The molecular weight excluding hydrogens is 485 g/mol. The van der Waals surface area contributed by atoms with Crippen LogP contribution in [0.5, 0.6) is 0 Å². The summed E-state index contributed by atoms with van der Waals surface area (Å²) in [5.74, 6) is 0. The third kappa shape index (κ3) is 3.90. The molecule has 0 atom stereocenters. The fraction of sp³-hybridized carbons (Fsp3) is 0.0286. The molecule has 0 amide bonds. The smallest absolute Gasteiger partial charge is 0.0449 e. The largest absolute Gasteiger partial charge is 0.134 e. The van der Waals surface area contributed by atoms with Crippen LogP contribution in [0, 0.1) is 6.92 Å². The molecule has 176 valence electrons. The van der Waals surface area contributed by atoms with E-state index in [0.717, 1.165) is 0 Å². The Morgan fingerprint density at radius 1 is 0.378 bits per heavy atom. The summed E-state index contributed by atoms with van der Waals surface area (Å²) in [5, 5.41) is 5.28. The minimum atomic E-state index is 1.27. The number of thiophene rings is 2. The Bertz CT molecular complexity index is 1830. The lowest BCUT2D eigenvalue weighted by molar-refractivity contribution is 1.57. The van der Waals surface area contributed by atoms with Gasteiger partial charge >= 0.3 is 0 Å². The third-order valence-corrected chi connectivity index (χ3v) is 9.61. The molecule has 7 aromatic rings. The normalized spacial score (nSPS) is 11.4. The highest BCUT2D eigenvalue weighted by Gasteiger charge is 2.14. The fourth-order valence-electron chi connectivity index (χ4n) is 5.34. The lowest BCUT2D eigenvalue weighted by Gasteiger charge is -2.15. The van der Waals surface area contributed by atoms with Gasteiger partial charge in [0.2, 0.25) is 0 Å². The Labute approximate surface area is 225 Å². The van der Waals surface area contributed by atoms with Crippen LogP contribution in [0.4, 0.5) is 0 Å². The van der Waals surface area contributed by atoms with Crippen molar-refractivity contribution in [2.75, 3.05) is 0 Å². The molecule has 7 rings (SSSR count). The summed E-state index contributed by atoms with van der Waals surface area (Å²) in [6.07, 6.45) is 0. The van der Waals surface area contributed by atoms with Gasteiger partial charge in [-0.15, -0.1) is 22.7 Å². The van der Waals surface area contributed by atoms with Gasteiger partial charge in [-0.1, -0.05) is 97.1 Å². The quantitative estimate of drug-likeness (QED) is 0.207. The summed E-state index contributed by atoms with van der Waals surface area (Å²) in [6, 6.07) is 46.3. The molecule has 2 heterocycles. The van der Waals surface area contributed by atoms with Crippen LogP contribution < -0.4 is 0 Å². The van der Waals surface area contributed by atoms with E-state index in [0.29, 0.717) is 0 Å². The average molecular weight is 509 g/mol. The van der Waals surface area contributed by atoms with Crippen LogP contribution in [0.3, 0.4) is 0 Å². The van der Waals surface area contributed by atoms with Gasteiger partial charge in [0.05, 0.1) is 0 Å². The monoisotopic (exact) mass is 508 g/mol. The number of aryl methyl sites for hydroxylation is 1. The minimum absolute atomic E-state index is 1.27. The van der Waals surface area contributed by atoms with Crippen molar-refractivity contribution >= 4 is 44.2 Å². The van der Waals surface area contributed by atoms with E-state index in [4.69, 9.17) is 0 Å². The first kappa shape index (κ1) is 22.2. The van der Waals surface area contributed by atoms with Crippen molar-refractivity contribution in [3.05, 3.63) is 133 Å². The Hall–Kier alpha value is -3.98. The van der Waals surface area contributed by atoms with Crippen molar-refractivity contribution in [2.24, 2.45) is 0 Å². The second kappa shape index (κ2) is 9.15. The van der Waals surface area contributed by atoms with Crippen molar-refractivity contribution in [1.82, 2.24) is 0 Å². The predicted octanol–water partition coefficient (Wildman–Crippen LogP) is 11.1. The van der Waals surface area contributed by atoms with Gasteiger partial charge in [-0.2, -0.15) is 0 Å². The van der Waals surface area contributed by atoms with E-state index in [1.165, 1.54) is 68.9 Å². The first-order valence-electron chi connectivity index (χ1n) is 12.5. The van der Waals surface area contributed by atoms with Gasteiger partial charge in [-0.3, -0.25) is 0 Å². The standard InChI is InChI=1S/C35H24S2/c1-23-27-14-5-7-16-29(27)35(30-17-8-6-15-28(23)30)26-13-9-12-25(22-26)32-19-21-34(37-32)33-20-18-31(36-33)24-10-3-2-4-11-24/h2-22H,1H3. The Morgan fingerprint density at radius 3 is 1.46 bits per heavy atom. The molecule has 5 aromatic carbocycles. The van der Waals surface area contributed by atoms with Crippen molar-refractivity contribution in [1.29, 1.82) is 0 Å². The Balaban J connectivity index is 1.32. The molecule has 0 saturated heterocycles. The highest BCUT2D eigenvalue weighted by Crippen LogP contribution is 2.43. The van der Waals surface area contributed by atoms with Crippen LogP contribution in [-0.2, 0) is 0 Å². The lowest BCUT2D eigenvalue weighted by atomic mass is 9.88. The lowest BCUT2D eigenvalue weighted by Crippen LogP contribution is -1.89. The van der Waals surface area contributed by atoms with Gasteiger partial charge in [-0.25, -0.2) is 0 Å². The zero-order valence-electron chi connectivity index (χ0n) is 20.4. The Kier molecular flexibility index (Phi) is 5.50. The third-order valence-electron chi connectivity index (χ3n) is 7.15. The summed E-state index contributed by atoms with van der Waals surface area (Å²) in [6.45, 7) is 2.24. The van der Waals surface area contributed by atoms with E-state index in [1.807, 2.05) is 22.7 Å². The zero-order chi connectivity index (χ0) is 24.8. The molecule has 0 spiro atoms. The molecule has 0 saturated carbocycles. The number of hydrogen-bond acceptors (Lipinski definition) is 2. The molecule has 0 unspecified atom stereocenters. The molecule has 2 aromatic heterocycles. The first-order valence-corrected chi connectivity index (χ1v) is 14.2. The molecule has 37 heavy (non-hydrogen) atoms. The highest BCUT2D eigenvalue weighted by atomic mass is 32.1. The molecule has 0 fully saturated rings. The fourth-order valence-corrected chi connectivity index (χ4v) is 7.44. The molecule has 0 radical (unpaired) electrons. The molecule has 2 heteroatoms. The SMILES string of the molecule is Cc1c2ccccc2c(-c2cccc(-c3ccc(-c4ccc(-c5ccccc5)s4)s3)c2)c2ccccc12. The Morgan fingerprint density at radius 2 is 0.838 bits per heavy atom. The number of rotatable bonds is 4. The van der Waals surface area contributed by atoms with Crippen LogP contribution in [0.2, 0.25) is 0 Å². The van der Waals surface area contributed by atoms with E-state index in [9.17, 15) is 0 Å². The predicted molar refractivity (Wildman–Crippen MR) is 164 cm³/mol. The maximum absolute atomic E-state index is 2.36. The topological polar surface area (TPSA) is 0 Å². The van der Waals surface area contributed by atoms with E-state index in [-0.39, 0.29) is 0 Å². The molecule has 0 N–H and O–H groups in total. The summed E-state index contributed by atoms with van der Waals surface area (Å²) in [4.78, 5) is 5.25. The maximum atomic E-state index is 2.36. The summed E-state index contributed by atoms with van der Waals surface area (Å²) >= 11 is 3.73. The van der Waals surface area contributed by atoms with Crippen molar-refractivity contribution in [3.63, 3.8) is 0 Å².